The van der Waals surface area contributed by atoms with Gasteiger partial charge in [0, 0.05) is 5.70 Å². The van der Waals surface area contributed by atoms with E-state index in [1.807, 2.05) is 5.41 Å². The highest BCUT2D eigenvalue weighted by Gasteiger charge is 1.96. The van der Waals surface area contributed by atoms with Crippen molar-refractivity contribution in [3.8, 4) is 0 Å². The Hall–Kier alpha value is -0.370. The van der Waals surface area contributed by atoms with Crippen LogP contribution in [0.5, 0.6) is 0 Å². The molecule has 0 bridgehead atoms. The van der Waals surface area contributed by atoms with Crippen molar-refractivity contribution in [3.63, 3.8) is 0 Å². The molecule has 0 spiro atoms. The Bertz CT molecular complexity index is 140. The van der Waals surface area contributed by atoms with Crippen molar-refractivity contribution in [2.75, 3.05) is 0 Å². The molecule has 0 atom stereocenters. The molecule has 0 aromatic rings. The normalized spacial score (nSPS) is 20.1. The quantitative estimate of drug-likeness (QED) is 0.559. The van der Waals surface area contributed by atoms with Crippen LogP contribution in [0.1, 0.15) is 19.8 Å². The minimum absolute atomic E-state index is 1.01. The van der Waals surface area contributed by atoms with Crippen LogP contribution < -0.4 is 5.73 Å². The SMILES string of the molecule is CC1=CSC=C(N)CC1. The van der Waals surface area contributed by atoms with Crippen LogP contribution in [-0.4, -0.2) is 0 Å². The van der Waals surface area contributed by atoms with Gasteiger partial charge in [0.2, 0.25) is 0 Å². The van der Waals surface area contributed by atoms with E-state index in [1.165, 1.54) is 5.57 Å². The maximum atomic E-state index is 5.60. The van der Waals surface area contributed by atoms with E-state index in [0.29, 0.717) is 0 Å². The first-order chi connectivity index (χ1) is 4.29. The van der Waals surface area contributed by atoms with E-state index in [4.69, 9.17) is 5.73 Å². The molecule has 0 radical (unpaired) electrons. The summed E-state index contributed by atoms with van der Waals surface area (Å²) in [5, 5.41) is 4.16. The predicted octanol–water partition coefficient (Wildman–Crippen LogP) is 2.22. The van der Waals surface area contributed by atoms with Crippen LogP contribution in [0.4, 0.5) is 0 Å². The summed E-state index contributed by atoms with van der Waals surface area (Å²) in [4.78, 5) is 0. The molecule has 0 fully saturated rings. The molecule has 0 saturated carbocycles. The number of rotatable bonds is 0. The van der Waals surface area contributed by atoms with Crippen LogP contribution in [-0.2, 0) is 0 Å². The average molecular weight is 141 g/mol. The molecule has 0 aliphatic carbocycles. The molecule has 2 heteroatoms. The molecule has 1 aliphatic heterocycles. The van der Waals surface area contributed by atoms with E-state index in [-0.39, 0.29) is 0 Å². The Labute approximate surface area is 60.0 Å². The van der Waals surface area contributed by atoms with Gasteiger partial charge in [0.1, 0.15) is 0 Å². The average Bonchev–Trinajstić information content (AvgIpc) is 1.97. The highest BCUT2D eigenvalue weighted by atomic mass is 32.2. The zero-order valence-electron chi connectivity index (χ0n) is 5.55. The van der Waals surface area contributed by atoms with Crippen molar-refractivity contribution >= 4 is 11.8 Å². The lowest BCUT2D eigenvalue weighted by Crippen LogP contribution is -1.94. The second-order valence-electron chi connectivity index (χ2n) is 2.29. The molecule has 1 heterocycles. The first-order valence-corrected chi connectivity index (χ1v) is 3.99. The third kappa shape index (κ3) is 2.14. The summed E-state index contributed by atoms with van der Waals surface area (Å²) < 4.78 is 0. The van der Waals surface area contributed by atoms with Crippen molar-refractivity contribution in [2.45, 2.75) is 19.8 Å². The van der Waals surface area contributed by atoms with E-state index in [2.05, 4.69) is 12.3 Å². The maximum absolute atomic E-state index is 5.60. The summed E-state index contributed by atoms with van der Waals surface area (Å²) in [7, 11) is 0. The molecule has 0 aromatic carbocycles. The second-order valence-corrected chi connectivity index (χ2v) is 3.04. The zero-order valence-corrected chi connectivity index (χ0v) is 6.37. The number of allylic oxidation sites excluding steroid dienone is 2. The zero-order chi connectivity index (χ0) is 6.69. The van der Waals surface area contributed by atoms with Gasteiger partial charge in [-0.05, 0) is 30.6 Å². The Morgan fingerprint density at radius 3 is 3.00 bits per heavy atom. The van der Waals surface area contributed by atoms with E-state index in [0.717, 1.165) is 18.5 Å². The van der Waals surface area contributed by atoms with E-state index in [9.17, 15) is 0 Å². The fourth-order valence-electron chi connectivity index (χ4n) is 0.697. The summed E-state index contributed by atoms with van der Waals surface area (Å²) >= 11 is 1.68. The number of hydrogen-bond acceptors (Lipinski definition) is 2. The van der Waals surface area contributed by atoms with Gasteiger partial charge in [0.15, 0.2) is 0 Å². The molecule has 0 amide bonds. The van der Waals surface area contributed by atoms with Crippen LogP contribution >= 0.6 is 11.8 Å². The van der Waals surface area contributed by atoms with Crippen molar-refractivity contribution in [3.05, 3.63) is 22.1 Å². The summed E-state index contributed by atoms with van der Waals surface area (Å²) in [6.07, 6.45) is 2.14. The van der Waals surface area contributed by atoms with E-state index in [1.54, 1.807) is 11.8 Å². The van der Waals surface area contributed by atoms with Gasteiger partial charge in [-0.15, -0.1) is 11.8 Å². The lowest BCUT2D eigenvalue weighted by molar-refractivity contribution is 0.920. The van der Waals surface area contributed by atoms with Gasteiger partial charge in [-0.3, -0.25) is 0 Å². The second kappa shape index (κ2) is 2.97. The van der Waals surface area contributed by atoms with Crippen LogP contribution in [0.2, 0.25) is 0 Å². The van der Waals surface area contributed by atoms with Crippen LogP contribution in [0.25, 0.3) is 0 Å². The Morgan fingerprint density at radius 1 is 1.44 bits per heavy atom. The van der Waals surface area contributed by atoms with Gasteiger partial charge < -0.3 is 5.73 Å². The van der Waals surface area contributed by atoms with E-state index < -0.39 is 0 Å². The first kappa shape index (κ1) is 6.75. The van der Waals surface area contributed by atoms with Gasteiger partial charge in [0.25, 0.3) is 0 Å². The fourth-order valence-corrected chi connectivity index (χ4v) is 1.41. The summed E-state index contributed by atoms with van der Waals surface area (Å²) in [6, 6.07) is 0. The molecule has 0 saturated heterocycles. The summed E-state index contributed by atoms with van der Waals surface area (Å²) in [5.41, 5.74) is 8.04. The molecule has 50 valence electrons. The number of nitrogens with two attached hydrogens (primary N) is 1. The largest absolute Gasteiger partial charge is 0.402 e. The Balaban J connectivity index is 2.54. The summed E-state index contributed by atoms with van der Waals surface area (Å²) in [6.45, 7) is 2.14. The monoisotopic (exact) mass is 141 g/mol. The third-order valence-corrected chi connectivity index (χ3v) is 2.27. The Morgan fingerprint density at radius 2 is 2.22 bits per heavy atom. The highest BCUT2D eigenvalue weighted by molar-refractivity contribution is 8.04. The summed E-state index contributed by atoms with van der Waals surface area (Å²) in [5.74, 6) is 0. The van der Waals surface area contributed by atoms with Crippen molar-refractivity contribution < 1.29 is 0 Å². The third-order valence-electron chi connectivity index (χ3n) is 1.30. The smallest absolute Gasteiger partial charge is 0.0151 e. The molecule has 2 N–H and O–H groups in total. The molecule has 0 aromatic heterocycles. The Kier molecular flexibility index (Phi) is 2.22. The van der Waals surface area contributed by atoms with Crippen molar-refractivity contribution in [2.24, 2.45) is 5.73 Å². The molecule has 1 nitrogen and oxygen atoms in total. The highest BCUT2D eigenvalue weighted by Crippen LogP contribution is 2.20. The predicted molar refractivity (Wildman–Crippen MR) is 42.9 cm³/mol. The molecule has 9 heavy (non-hydrogen) atoms. The minimum atomic E-state index is 1.01. The molecular formula is C7H11NS. The lowest BCUT2D eigenvalue weighted by atomic mass is 10.2. The van der Waals surface area contributed by atoms with Crippen molar-refractivity contribution in [1.82, 2.24) is 0 Å². The molecule has 1 aliphatic rings. The lowest BCUT2D eigenvalue weighted by Gasteiger charge is -1.95. The van der Waals surface area contributed by atoms with Gasteiger partial charge in [-0.25, -0.2) is 0 Å². The fraction of sp³-hybridized carbons (Fsp3) is 0.429. The molecule has 1 rings (SSSR count). The maximum Gasteiger partial charge on any atom is 0.0151 e. The van der Waals surface area contributed by atoms with E-state index >= 15 is 0 Å². The van der Waals surface area contributed by atoms with Gasteiger partial charge in [-0.2, -0.15) is 0 Å². The first-order valence-electron chi connectivity index (χ1n) is 3.04. The molecular weight excluding hydrogens is 130 g/mol. The number of thioether (sulfide) groups is 1. The van der Waals surface area contributed by atoms with Crippen LogP contribution in [0.3, 0.4) is 0 Å². The van der Waals surface area contributed by atoms with Gasteiger partial charge in [0.05, 0.1) is 0 Å². The van der Waals surface area contributed by atoms with Crippen LogP contribution in [0.15, 0.2) is 22.1 Å². The number of hydrogen-bond donors (Lipinski definition) is 1. The van der Waals surface area contributed by atoms with Gasteiger partial charge in [-0.1, -0.05) is 5.57 Å². The standard InChI is InChI=1S/C7H11NS/c1-6-2-3-7(8)5-9-4-6/h4-5H,2-3,8H2,1H3. The minimum Gasteiger partial charge on any atom is -0.402 e. The van der Waals surface area contributed by atoms with Crippen molar-refractivity contribution in [1.29, 1.82) is 0 Å². The van der Waals surface area contributed by atoms with Crippen LogP contribution in [0, 0.1) is 0 Å². The molecule has 0 unspecified atom stereocenters. The van der Waals surface area contributed by atoms with Gasteiger partial charge >= 0.3 is 0 Å². The topological polar surface area (TPSA) is 26.0 Å².